The maximum absolute atomic E-state index is 13.2. The molecular weight excluding hydrogens is 508 g/mol. The lowest BCUT2D eigenvalue weighted by atomic mass is 10.0. The van der Waals surface area contributed by atoms with E-state index in [0.29, 0.717) is 32.3 Å². The van der Waals surface area contributed by atoms with Gasteiger partial charge in [0, 0.05) is 46.8 Å². The smallest absolute Gasteiger partial charge is 0.415 e. The van der Waals surface area contributed by atoms with Crippen molar-refractivity contribution in [1.29, 1.82) is 0 Å². The second kappa shape index (κ2) is 9.12. The fourth-order valence-corrected chi connectivity index (χ4v) is 3.62. The van der Waals surface area contributed by atoms with Crippen molar-refractivity contribution in [3.63, 3.8) is 0 Å². The van der Waals surface area contributed by atoms with Gasteiger partial charge in [0.2, 0.25) is 11.4 Å². The van der Waals surface area contributed by atoms with Crippen molar-refractivity contribution >= 4 is 55.0 Å². The zero-order valence-electron chi connectivity index (χ0n) is 15.7. The first-order valence-electron chi connectivity index (χ1n) is 8.78. The molecule has 1 heterocycles. The van der Waals surface area contributed by atoms with E-state index >= 15 is 0 Å². The Balaban J connectivity index is 1.95. The van der Waals surface area contributed by atoms with E-state index in [-0.39, 0.29) is 22.8 Å². The van der Waals surface area contributed by atoms with Crippen LogP contribution in [-0.4, -0.2) is 64.8 Å². The quantitative estimate of drug-likeness (QED) is 0.351. The average Bonchev–Trinajstić information content (AvgIpc) is 2.70. The summed E-state index contributed by atoms with van der Waals surface area (Å²) in [6, 6.07) is 3.08. The molecule has 0 radical (unpaired) electrons. The number of likely N-dealkylation sites (N-methyl/N-ethyl adjacent to an activating group) is 1. The maximum Gasteiger partial charge on any atom is 0.415 e. The highest BCUT2D eigenvalue weighted by Gasteiger charge is 2.30. The summed E-state index contributed by atoms with van der Waals surface area (Å²) in [5.41, 5.74) is 2.78. The van der Waals surface area contributed by atoms with Gasteiger partial charge in [-0.2, -0.15) is 4.74 Å². The van der Waals surface area contributed by atoms with Crippen LogP contribution in [0, 0.1) is 5.21 Å². The van der Waals surface area contributed by atoms with Crippen LogP contribution in [0.5, 0.6) is 0 Å². The SMILES string of the molecule is C=C1C=CC=C(OC(=O)N2CCN(C)CC2)/C1=[N+](\[O-])c1cc(Br)c(Br)cc1NO. The Kier molecular flexibility index (Phi) is 6.78. The molecule has 1 aromatic rings. The minimum atomic E-state index is -0.518. The number of carbonyl (C=O) groups is 1. The first-order valence-corrected chi connectivity index (χ1v) is 10.4. The standard InChI is InChI=1S/C19H20Br2N4O4/c1-12-4-3-5-17(29-19(26)24-8-6-23(2)7-9-24)18(12)25(28)16-11-14(21)13(20)10-15(16)22-27/h3-5,10-11,22,27H,1,6-9H2,2H3/b25-18-. The summed E-state index contributed by atoms with van der Waals surface area (Å²) in [4.78, 5) is 16.3. The van der Waals surface area contributed by atoms with Gasteiger partial charge in [0.15, 0.2) is 0 Å². The number of ether oxygens (including phenoxy) is 1. The molecule has 8 nitrogen and oxygen atoms in total. The van der Waals surface area contributed by atoms with E-state index in [1.807, 2.05) is 12.5 Å². The molecule has 0 atom stereocenters. The van der Waals surface area contributed by atoms with E-state index in [0.717, 1.165) is 13.1 Å². The van der Waals surface area contributed by atoms with Gasteiger partial charge in [-0.05, 0) is 57.1 Å². The first-order chi connectivity index (χ1) is 13.8. The molecule has 1 aliphatic heterocycles. The number of hydrogen-bond donors (Lipinski definition) is 2. The molecule has 2 N–H and O–H groups in total. The molecule has 0 unspecified atom stereocenters. The van der Waals surface area contributed by atoms with Gasteiger partial charge >= 0.3 is 6.09 Å². The van der Waals surface area contributed by atoms with E-state index in [9.17, 15) is 15.2 Å². The lowest BCUT2D eigenvalue weighted by Crippen LogP contribution is -2.47. The van der Waals surface area contributed by atoms with Crippen LogP contribution in [0.3, 0.4) is 0 Å². The zero-order chi connectivity index (χ0) is 21.1. The molecule has 0 bridgehead atoms. The lowest BCUT2D eigenvalue weighted by molar-refractivity contribution is -0.359. The summed E-state index contributed by atoms with van der Waals surface area (Å²) < 4.78 is 7.39. The third kappa shape index (κ3) is 4.72. The third-order valence-corrected chi connectivity index (χ3v) is 6.47. The molecule has 1 saturated heterocycles. The number of amides is 1. The van der Waals surface area contributed by atoms with E-state index in [2.05, 4.69) is 43.3 Å². The van der Waals surface area contributed by atoms with E-state index in [1.54, 1.807) is 29.2 Å². The number of allylic oxidation sites excluding steroid dienone is 4. The molecule has 10 heteroatoms. The molecule has 29 heavy (non-hydrogen) atoms. The van der Waals surface area contributed by atoms with E-state index in [1.165, 1.54) is 6.07 Å². The molecule has 1 aromatic carbocycles. The lowest BCUT2D eigenvalue weighted by Gasteiger charge is -2.31. The van der Waals surface area contributed by atoms with Crippen LogP contribution in [0.4, 0.5) is 16.2 Å². The fraction of sp³-hybridized carbons (Fsp3) is 0.263. The van der Waals surface area contributed by atoms with E-state index in [4.69, 9.17) is 4.74 Å². The summed E-state index contributed by atoms with van der Waals surface area (Å²) in [6.07, 6.45) is 4.33. The van der Waals surface area contributed by atoms with Crippen molar-refractivity contribution in [1.82, 2.24) is 9.80 Å². The molecule has 0 saturated carbocycles. The van der Waals surface area contributed by atoms with E-state index < -0.39 is 6.09 Å². The Morgan fingerprint density at radius 3 is 2.59 bits per heavy atom. The van der Waals surface area contributed by atoms with Crippen LogP contribution in [0.15, 0.2) is 57.2 Å². The highest BCUT2D eigenvalue weighted by Crippen LogP contribution is 2.35. The van der Waals surface area contributed by atoms with Gasteiger partial charge in [0.25, 0.3) is 5.71 Å². The summed E-state index contributed by atoms with van der Waals surface area (Å²) in [7, 11) is 1.99. The summed E-state index contributed by atoms with van der Waals surface area (Å²) >= 11 is 6.68. The highest BCUT2D eigenvalue weighted by atomic mass is 79.9. The van der Waals surface area contributed by atoms with Crippen molar-refractivity contribution in [3.05, 3.63) is 62.4 Å². The number of nitrogens with one attached hydrogen (secondary N) is 1. The number of hydrogen-bond acceptors (Lipinski definition) is 6. The number of benzene rings is 1. The highest BCUT2D eigenvalue weighted by molar-refractivity contribution is 9.13. The van der Waals surface area contributed by atoms with Gasteiger partial charge in [-0.15, -0.1) is 0 Å². The normalized spacial score (nSPS) is 19.1. The van der Waals surface area contributed by atoms with Crippen molar-refractivity contribution in [2.24, 2.45) is 0 Å². The number of nitrogens with zero attached hydrogens (tertiary/aromatic N) is 3. The molecule has 3 rings (SSSR count). The first kappa shape index (κ1) is 21.6. The second-order valence-corrected chi connectivity index (χ2v) is 8.32. The minimum absolute atomic E-state index is 0.0840. The van der Waals surface area contributed by atoms with Crippen molar-refractivity contribution < 1.29 is 19.5 Å². The summed E-state index contributed by atoms with van der Waals surface area (Å²) in [5.74, 6) is 0.0966. The number of halogens is 2. The van der Waals surface area contributed by atoms with Crippen LogP contribution in [0.1, 0.15) is 0 Å². The van der Waals surface area contributed by atoms with Crippen molar-refractivity contribution in [2.45, 2.75) is 0 Å². The van der Waals surface area contributed by atoms with Crippen LogP contribution in [-0.2, 0) is 4.74 Å². The maximum atomic E-state index is 13.2. The predicted octanol–water partition coefficient (Wildman–Crippen LogP) is 3.99. The Bertz CT molecular complexity index is 934. The Hall–Kier alpha value is -2.14. The summed E-state index contributed by atoms with van der Waals surface area (Å²) in [6.45, 7) is 6.50. The third-order valence-electron chi connectivity index (χ3n) is 4.62. The number of anilines is 1. The average molecular weight is 528 g/mol. The van der Waals surface area contributed by atoms with Gasteiger partial charge in [-0.25, -0.2) is 4.79 Å². The molecule has 0 aromatic heterocycles. The Labute approximate surface area is 185 Å². The second-order valence-electron chi connectivity index (χ2n) is 6.61. The van der Waals surface area contributed by atoms with Crippen LogP contribution < -0.4 is 5.48 Å². The predicted molar refractivity (Wildman–Crippen MR) is 117 cm³/mol. The fourth-order valence-electron chi connectivity index (χ4n) is 2.94. The van der Waals surface area contributed by atoms with Gasteiger partial charge < -0.3 is 19.7 Å². The molecule has 1 fully saturated rings. The number of carbonyl (C=O) groups excluding carboxylic acids is 1. The molecule has 0 spiro atoms. The van der Waals surface area contributed by atoms with Crippen LogP contribution in [0.2, 0.25) is 0 Å². The van der Waals surface area contributed by atoms with Gasteiger partial charge in [-0.3, -0.25) is 10.7 Å². The number of rotatable bonds is 3. The van der Waals surface area contributed by atoms with Gasteiger partial charge in [0.05, 0.1) is 0 Å². The van der Waals surface area contributed by atoms with Gasteiger partial charge in [-0.1, -0.05) is 12.7 Å². The molecule has 1 aliphatic carbocycles. The molecular formula is C19H20Br2N4O4. The molecule has 154 valence electrons. The summed E-state index contributed by atoms with van der Waals surface area (Å²) in [5, 5.41) is 22.7. The van der Waals surface area contributed by atoms with Crippen LogP contribution >= 0.6 is 31.9 Å². The number of piperazine rings is 1. The largest absolute Gasteiger partial charge is 0.618 e. The minimum Gasteiger partial charge on any atom is -0.618 e. The monoisotopic (exact) mass is 526 g/mol. The Morgan fingerprint density at radius 2 is 1.93 bits per heavy atom. The Morgan fingerprint density at radius 1 is 1.28 bits per heavy atom. The van der Waals surface area contributed by atoms with Gasteiger partial charge in [0.1, 0.15) is 5.69 Å². The van der Waals surface area contributed by atoms with Crippen molar-refractivity contribution in [2.75, 3.05) is 38.7 Å². The molecule has 1 amide bonds. The molecule has 2 aliphatic rings. The topological polar surface area (TPSA) is 91.1 Å². The zero-order valence-corrected chi connectivity index (χ0v) is 18.9. The van der Waals surface area contributed by atoms with Crippen molar-refractivity contribution in [3.8, 4) is 0 Å². The van der Waals surface area contributed by atoms with Crippen LogP contribution in [0.25, 0.3) is 0 Å².